The van der Waals surface area contributed by atoms with Crippen molar-refractivity contribution in [2.45, 2.75) is 26.3 Å². The van der Waals surface area contributed by atoms with Gasteiger partial charge in [-0.15, -0.1) is 0 Å². The fourth-order valence-corrected chi connectivity index (χ4v) is 2.49. The maximum atomic E-state index is 12.5. The molecular weight excluding hydrogens is 256 g/mol. The van der Waals surface area contributed by atoms with Crippen molar-refractivity contribution >= 4 is 11.9 Å². The van der Waals surface area contributed by atoms with Gasteiger partial charge in [0.25, 0.3) is 0 Å². The van der Waals surface area contributed by atoms with Crippen LogP contribution in [0.1, 0.15) is 30.9 Å². The molecule has 1 amide bonds. The van der Waals surface area contributed by atoms with E-state index in [4.69, 9.17) is 5.73 Å². The summed E-state index contributed by atoms with van der Waals surface area (Å²) in [4.78, 5) is 25.5. The van der Waals surface area contributed by atoms with E-state index in [2.05, 4.69) is 0 Å². The second kappa shape index (κ2) is 5.25. The summed E-state index contributed by atoms with van der Waals surface area (Å²) in [6.45, 7) is 4.45. The zero-order chi connectivity index (χ0) is 14.9. The van der Waals surface area contributed by atoms with Crippen LogP contribution < -0.4 is 5.73 Å². The lowest BCUT2D eigenvalue weighted by molar-refractivity contribution is -0.145. The number of carbonyl (C=O) groups is 2. The molecule has 2 rings (SSSR count). The van der Waals surface area contributed by atoms with Gasteiger partial charge in [-0.25, -0.2) is 0 Å². The summed E-state index contributed by atoms with van der Waals surface area (Å²) < 4.78 is 0. The van der Waals surface area contributed by atoms with Gasteiger partial charge in [0.05, 0.1) is 11.3 Å². The van der Waals surface area contributed by atoms with Gasteiger partial charge in [-0.3, -0.25) is 9.59 Å². The van der Waals surface area contributed by atoms with Crippen molar-refractivity contribution in [1.29, 1.82) is 0 Å². The maximum Gasteiger partial charge on any atom is 0.312 e. The van der Waals surface area contributed by atoms with E-state index in [1.807, 2.05) is 24.3 Å². The topological polar surface area (TPSA) is 83.6 Å². The quantitative estimate of drug-likeness (QED) is 0.868. The van der Waals surface area contributed by atoms with Crippen LogP contribution in [0, 0.1) is 5.41 Å². The van der Waals surface area contributed by atoms with E-state index in [9.17, 15) is 14.7 Å². The van der Waals surface area contributed by atoms with Crippen LogP contribution in [-0.4, -0.2) is 35.0 Å². The third kappa shape index (κ3) is 2.54. The molecule has 0 saturated carbocycles. The minimum Gasteiger partial charge on any atom is -0.481 e. The van der Waals surface area contributed by atoms with Crippen molar-refractivity contribution < 1.29 is 14.7 Å². The normalized spacial score (nSPS) is 18.6. The van der Waals surface area contributed by atoms with E-state index in [1.165, 1.54) is 0 Å². The van der Waals surface area contributed by atoms with Gasteiger partial charge >= 0.3 is 5.97 Å². The smallest absolute Gasteiger partial charge is 0.312 e. The zero-order valence-corrected chi connectivity index (χ0v) is 11.8. The monoisotopic (exact) mass is 276 g/mol. The molecule has 1 heterocycles. The first-order chi connectivity index (χ1) is 9.36. The number of carboxylic acids is 1. The first kappa shape index (κ1) is 14.5. The third-order valence-electron chi connectivity index (χ3n) is 3.87. The molecule has 1 aromatic rings. The minimum absolute atomic E-state index is 0.0965. The predicted octanol–water partition coefficient (Wildman–Crippen LogP) is 1.18. The summed E-state index contributed by atoms with van der Waals surface area (Å²) in [5.74, 6) is -1.67. The average Bonchev–Trinajstić information content (AvgIpc) is 2.45. The molecule has 1 aromatic carbocycles. The SMILES string of the molecule is CC(C)(CN)C(=O)N1Cc2ccccc2C(C(=O)O)C1. The molecule has 0 saturated heterocycles. The Hall–Kier alpha value is -1.88. The number of rotatable bonds is 3. The molecule has 1 aliphatic heterocycles. The van der Waals surface area contributed by atoms with Crippen LogP contribution in [0.5, 0.6) is 0 Å². The molecule has 108 valence electrons. The molecule has 5 nitrogen and oxygen atoms in total. The molecule has 1 aliphatic rings. The standard InChI is InChI=1S/C15H20N2O3/c1-15(2,9-16)14(20)17-7-10-5-3-4-6-11(10)12(8-17)13(18)19/h3-6,12H,7-9,16H2,1-2H3,(H,18,19). The van der Waals surface area contributed by atoms with Gasteiger partial charge < -0.3 is 15.7 Å². The first-order valence-corrected chi connectivity index (χ1v) is 6.67. The van der Waals surface area contributed by atoms with Crippen molar-refractivity contribution in [3.8, 4) is 0 Å². The van der Waals surface area contributed by atoms with E-state index < -0.39 is 17.3 Å². The molecule has 0 bridgehead atoms. The van der Waals surface area contributed by atoms with Crippen LogP contribution in [-0.2, 0) is 16.1 Å². The molecule has 20 heavy (non-hydrogen) atoms. The second-order valence-corrected chi connectivity index (χ2v) is 5.86. The van der Waals surface area contributed by atoms with Gasteiger partial charge in [-0.1, -0.05) is 24.3 Å². The van der Waals surface area contributed by atoms with Gasteiger partial charge in [0.1, 0.15) is 0 Å². The van der Waals surface area contributed by atoms with Gasteiger partial charge in [-0.2, -0.15) is 0 Å². The van der Waals surface area contributed by atoms with Gasteiger partial charge in [-0.05, 0) is 25.0 Å². The highest BCUT2D eigenvalue weighted by molar-refractivity contribution is 5.85. The van der Waals surface area contributed by atoms with Crippen LogP contribution in [0.2, 0.25) is 0 Å². The molecule has 3 N–H and O–H groups in total. The highest BCUT2D eigenvalue weighted by Crippen LogP contribution is 2.31. The second-order valence-electron chi connectivity index (χ2n) is 5.86. The van der Waals surface area contributed by atoms with Crippen molar-refractivity contribution in [3.63, 3.8) is 0 Å². The number of nitrogens with two attached hydrogens (primary N) is 1. The number of amides is 1. The maximum absolute atomic E-state index is 12.5. The Labute approximate surface area is 118 Å². The Kier molecular flexibility index (Phi) is 3.81. The molecule has 5 heteroatoms. The molecule has 0 spiro atoms. The van der Waals surface area contributed by atoms with Crippen LogP contribution in [0.4, 0.5) is 0 Å². The molecule has 1 unspecified atom stereocenters. The van der Waals surface area contributed by atoms with Gasteiger partial charge in [0.2, 0.25) is 5.91 Å². The highest BCUT2D eigenvalue weighted by atomic mass is 16.4. The first-order valence-electron chi connectivity index (χ1n) is 6.67. The third-order valence-corrected chi connectivity index (χ3v) is 3.87. The molecule has 0 aliphatic carbocycles. The Morgan fingerprint density at radius 1 is 1.40 bits per heavy atom. The van der Waals surface area contributed by atoms with E-state index in [0.29, 0.717) is 6.54 Å². The zero-order valence-electron chi connectivity index (χ0n) is 11.8. The number of carbonyl (C=O) groups excluding carboxylic acids is 1. The molecule has 0 aromatic heterocycles. The fraction of sp³-hybridized carbons (Fsp3) is 0.467. The summed E-state index contributed by atoms with van der Waals surface area (Å²) in [5.41, 5.74) is 6.66. The lowest BCUT2D eigenvalue weighted by Crippen LogP contribution is -2.48. The lowest BCUT2D eigenvalue weighted by atomic mass is 9.86. The van der Waals surface area contributed by atoms with Crippen molar-refractivity contribution in [2.75, 3.05) is 13.1 Å². The van der Waals surface area contributed by atoms with Crippen LogP contribution >= 0.6 is 0 Å². The minimum atomic E-state index is -0.902. The van der Waals surface area contributed by atoms with Crippen molar-refractivity contribution in [2.24, 2.45) is 11.1 Å². The summed E-state index contributed by atoms with van der Waals surface area (Å²) in [7, 11) is 0. The summed E-state index contributed by atoms with van der Waals surface area (Å²) >= 11 is 0. The number of nitrogens with zero attached hydrogens (tertiary/aromatic N) is 1. The summed E-state index contributed by atoms with van der Waals surface area (Å²) in [6, 6.07) is 7.39. The fourth-order valence-electron chi connectivity index (χ4n) is 2.49. The van der Waals surface area contributed by atoms with E-state index >= 15 is 0 Å². The van der Waals surface area contributed by atoms with Crippen molar-refractivity contribution in [3.05, 3.63) is 35.4 Å². The molecule has 0 radical (unpaired) electrons. The van der Waals surface area contributed by atoms with Gasteiger partial charge in [0.15, 0.2) is 0 Å². The summed E-state index contributed by atoms with van der Waals surface area (Å²) in [6.07, 6.45) is 0. The number of benzene rings is 1. The Balaban J connectivity index is 2.34. The molecule has 1 atom stereocenters. The highest BCUT2D eigenvalue weighted by Gasteiger charge is 2.37. The Bertz CT molecular complexity index is 540. The summed E-state index contributed by atoms with van der Waals surface area (Å²) in [5, 5.41) is 9.38. The number of carboxylic acid groups (broad SMARTS) is 1. The molecular formula is C15H20N2O3. The van der Waals surface area contributed by atoms with E-state index in [1.54, 1.807) is 18.7 Å². The Morgan fingerprint density at radius 2 is 2.05 bits per heavy atom. The van der Waals surface area contributed by atoms with E-state index in [0.717, 1.165) is 11.1 Å². The van der Waals surface area contributed by atoms with Crippen LogP contribution in [0.25, 0.3) is 0 Å². The average molecular weight is 276 g/mol. The van der Waals surface area contributed by atoms with Crippen LogP contribution in [0.3, 0.4) is 0 Å². The largest absolute Gasteiger partial charge is 0.481 e. The number of hydrogen-bond donors (Lipinski definition) is 2. The van der Waals surface area contributed by atoms with Crippen LogP contribution in [0.15, 0.2) is 24.3 Å². The van der Waals surface area contributed by atoms with Crippen molar-refractivity contribution in [1.82, 2.24) is 4.90 Å². The lowest BCUT2D eigenvalue weighted by Gasteiger charge is -2.37. The van der Waals surface area contributed by atoms with E-state index in [-0.39, 0.29) is 19.0 Å². The number of hydrogen-bond acceptors (Lipinski definition) is 3. The Morgan fingerprint density at radius 3 is 2.65 bits per heavy atom. The van der Waals surface area contributed by atoms with Gasteiger partial charge in [0, 0.05) is 19.6 Å². The number of fused-ring (bicyclic) bond motifs is 1. The number of aliphatic carboxylic acids is 1. The predicted molar refractivity (Wildman–Crippen MR) is 75.1 cm³/mol. The molecule has 0 fully saturated rings.